The van der Waals surface area contributed by atoms with E-state index >= 15 is 0 Å². The summed E-state index contributed by atoms with van der Waals surface area (Å²) in [5.74, 6) is -0.718. The minimum atomic E-state index is -0.408. The van der Waals surface area contributed by atoms with Crippen LogP contribution in [0.3, 0.4) is 0 Å². The second-order valence-corrected chi connectivity index (χ2v) is 4.17. The van der Waals surface area contributed by atoms with Crippen molar-refractivity contribution in [2.24, 2.45) is 0 Å². The van der Waals surface area contributed by atoms with Gasteiger partial charge in [-0.2, -0.15) is 5.10 Å². The Hall–Kier alpha value is -2.50. The molecular formula is C14H14FN3O2. The van der Waals surface area contributed by atoms with Crippen molar-refractivity contribution in [3.8, 4) is 0 Å². The summed E-state index contributed by atoms with van der Waals surface area (Å²) >= 11 is 0. The zero-order valence-electron chi connectivity index (χ0n) is 11.0. The van der Waals surface area contributed by atoms with Gasteiger partial charge in [-0.05, 0) is 30.7 Å². The number of ether oxygens (including phenoxy) is 1. The van der Waals surface area contributed by atoms with Crippen LogP contribution < -0.4 is 0 Å². The van der Waals surface area contributed by atoms with Gasteiger partial charge in [0.15, 0.2) is 0 Å². The first kappa shape index (κ1) is 13.9. The van der Waals surface area contributed by atoms with Crippen molar-refractivity contribution in [2.45, 2.75) is 13.5 Å². The fourth-order valence-electron chi connectivity index (χ4n) is 1.56. The Morgan fingerprint density at radius 2 is 2.15 bits per heavy atom. The molecule has 0 unspecified atom stereocenters. The van der Waals surface area contributed by atoms with Crippen LogP contribution in [0.1, 0.15) is 12.5 Å². The number of hydrogen-bond acceptors (Lipinski definition) is 4. The van der Waals surface area contributed by atoms with E-state index in [9.17, 15) is 9.18 Å². The van der Waals surface area contributed by atoms with Crippen LogP contribution in [-0.2, 0) is 16.1 Å². The van der Waals surface area contributed by atoms with Gasteiger partial charge in [0.2, 0.25) is 0 Å². The number of carbonyl (C=O) groups excluding carboxylic acids is 1. The molecule has 0 N–H and O–H groups in total. The standard InChI is InChI=1S/C14H14FN3O2/c1-11(8-12-2-4-13(15)5-3-12)14(19)20-7-6-18-10-16-9-17-18/h2-5,8-10H,6-7H2,1H3. The van der Waals surface area contributed by atoms with Crippen LogP contribution in [0.25, 0.3) is 6.08 Å². The van der Waals surface area contributed by atoms with Crippen molar-refractivity contribution < 1.29 is 13.9 Å². The molecule has 0 amide bonds. The van der Waals surface area contributed by atoms with Gasteiger partial charge in [0.05, 0.1) is 6.54 Å². The molecule has 6 heteroatoms. The van der Waals surface area contributed by atoms with E-state index in [4.69, 9.17) is 4.74 Å². The molecule has 5 nitrogen and oxygen atoms in total. The van der Waals surface area contributed by atoms with Gasteiger partial charge < -0.3 is 4.74 Å². The highest BCUT2D eigenvalue weighted by Gasteiger charge is 2.06. The normalized spacial score (nSPS) is 11.4. The Labute approximate surface area is 115 Å². The number of halogens is 1. The Balaban J connectivity index is 1.86. The zero-order valence-corrected chi connectivity index (χ0v) is 11.0. The van der Waals surface area contributed by atoms with Crippen molar-refractivity contribution in [1.29, 1.82) is 0 Å². The third kappa shape index (κ3) is 4.01. The molecule has 1 aromatic heterocycles. The summed E-state index contributed by atoms with van der Waals surface area (Å²) in [7, 11) is 0. The van der Waals surface area contributed by atoms with Gasteiger partial charge in [0.25, 0.3) is 0 Å². The molecule has 0 radical (unpaired) electrons. The average Bonchev–Trinajstić information content (AvgIpc) is 2.94. The molecule has 0 aliphatic rings. The van der Waals surface area contributed by atoms with Gasteiger partial charge >= 0.3 is 5.97 Å². The molecule has 0 aliphatic heterocycles. The third-order valence-electron chi connectivity index (χ3n) is 2.60. The van der Waals surface area contributed by atoms with Crippen LogP contribution in [0.15, 0.2) is 42.5 Å². The number of aromatic nitrogens is 3. The first-order valence-corrected chi connectivity index (χ1v) is 6.08. The van der Waals surface area contributed by atoms with Crippen LogP contribution in [0.2, 0.25) is 0 Å². The molecule has 2 rings (SSSR count). The van der Waals surface area contributed by atoms with E-state index in [1.165, 1.54) is 18.5 Å². The van der Waals surface area contributed by atoms with Gasteiger partial charge in [-0.3, -0.25) is 0 Å². The van der Waals surface area contributed by atoms with Crippen molar-refractivity contribution in [3.63, 3.8) is 0 Å². The maximum Gasteiger partial charge on any atom is 0.333 e. The summed E-state index contributed by atoms with van der Waals surface area (Å²) in [6.45, 7) is 2.33. The molecule has 0 bridgehead atoms. The highest BCUT2D eigenvalue weighted by molar-refractivity contribution is 5.92. The van der Waals surface area contributed by atoms with Crippen molar-refractivity contribution in [2.75, 3.05) is 6.61 Å². The first-order valence-electron chi connectivity index (χ1n) is 6.08. The number of rotatable bonds is 5. The van der Waals surface area contributed by atoms with Gasteiger partial charge in [0, 0.05) is 5.57 Å². The predicted molar refractivity (Wildman–Crippen MR) is 71.0 cm³/mol. The van der Waals surface area contributed by atoms with E-state index in [0.717, 1.165) is 5.56 Å². The maximum absolute atomic E-state index is 12.8. The van der Waals surface area contributed by atoms with Crippen LogP contribution >= 0.6 is 0 Å². The Morgan fingerprint density at radius 1 is 1.40 bits per heavy atom. The van der Waals surface area contributed by atoms with Gasteiger partial charge in [-0.15, -0.1) is 0 Å². The molecule has 0 saturated heterocycles. The highest BCUT2D eigenvalue weighted by Crippen LogP contribution is 2.09. The minimum Gasteiger partial charge on any atom is -0.460 e. The molecule has 0 aliphatic carbocycles. The smallest absolute Gasteiger partial charge is 0.333 e. The van der Waals surface area contributed by atoms with Crippen molar-refractivity contribution in [1.82, 2.24) is 14.8 Å². The molecule has 104 valence electrons. The van der Waals surface area contributed by atoms with Crippen LogP contribution in [-0.4, -0.2) is 27.3 Å². The van der Waals surface area contributed by atoms with E-state index < -0.39 is 5.97 Å². The lowest BCUT2D eigenvalue weighted by atomic mass is 10.1. The Bertz CT molecular complexity index is 591. The van der Waals surface area contributed by atoms with Gasteiger partial charge in [-0.25, -0.2) is 18.9 Å². The van der Waals surface area contributed by atoms with Crippen molar-refractivity contribution >= 4 is 12.0 Å². The first-order chi connectivity index (χ1) is 9.65. The molecule has 1 heterocycles. The summed E-state index contributed by atoms with van der Waals surface area (Å²) in [6, 6.07) is 5.88. The van der Waals surface area contributed by atoms with Gasteiger partial charge in [-0.1, -0.05) is 12.1 Å². The zero-order chi connectivity index (χ0) is 14.4. The Morgan fingerprint density at radius 3 is 2.80 bits per heavy atom. The fraction of sp³-hybridized carbons (Fsp3) is 0.214. The van der Waals surface area contributed by atoms with Crippen LogP contribution in [0, 0.1) is 5.82 Å². The number of nitrogens with zero attached hydrogens (tertiary/aromatic N) is 3. The SMILES string of the molecule is CC(=Cc1ccc(F)cc1)C(=O)OCCn1cncn1. The minimum absolute atomic E-state index is 0.219. The van der Waals surface area contributed by atoms with Crippen LogP contribution in [0.5, 0.6) is 0 Å². The topological polar surface area (TPSA) is 57.0 Å². The second-order valence-electron chi connectivity index (χ2n) is 4.17. The highest BCUT2D eigenvalue weighted by atomic mass is 19.1. The summed E-state index contributed by atoms with van der Waals surface area (Å²) < 4.78 is 19.4. The Kier molecular flexibility index (Phi) is 4.60. The van der Waals surface area contributed by atoms with E-state index in [0.29, 0.717) is 12.1 Å². The lowest BCUT2D eigenvalue weighted by Gasteiger charge is -2.05. The summed E-state index contributed by atoms with van der Waals surface area (Å²) in [4.78, 5) is 15.5. The lowest BCUT2D eigenvalue weighted by Crippen LogP contribution is -2.12. The molecule has 0 atom stereocenters. The van der Waals surface area contributed by atoms with Crippen molar-refractivity contribution in [3.05, 3.63) is 53.9 Å². The lowest BCUT2D eigenvalue weighted by molar-refractivity contribution is -0.139. The van der Waals surface area contributed by atoms with E-state index in [1.807, 2.05) is 0 Å². The quantitative estimate of drug-likeness (QED) is 0.619. The average molecular weight is 275 g/mol. The molecule has 0 saturated carbocycles. The second kappa shape index (κ2) is 6.60. The van der Waals surface area contributed by atoms with Crippen LogP contribution in [0.4, 0.5) is 4.39 Å². The monoisotopic (exact) mass is 275 g/mol. The predicted octanol–water partition coefficient (Wildman–Crippen LogP) is 2.06. The van der Waals surface area contributed by atoms with E-state index in [2.05, 4.69) is 10.1 Å². The molecule has 1 aromatic carbocycles. The molecular weight excluding hydrogens is 261 g/mol. The largest absolute Gasteiger partial charge is 0.460 e. The molecule has 0 fully saturated rings. The maximum atomic E-state index is 12.8. The summed E-state index contributed by atoms with van der Waals surface area (Å²) in [5.41, 5.74) is 1.20. The van der Waals surface area contributed by atoms with E-state index in [1.54, 1.807) is 36.1 Å². The summed E-state index contributed by atoms with van der Waals surface area (Å²) in [5, 5.41) is 3.90. The number of esters is 1. The number of hydrogen-bond donors (Lipinski definition) is 0. The molecule has 0 spiro atoms. The summed E-state index contributed by atoms with van der Waals surface area (Å²) in [6.07, 6.45) is 4.62. The number of benzene rings is 1. The number of carbonyl (C=O) groups is 1. The van der Waals surface area contributed by atoms with Gasteiger partial charge in [0.1, 0.15) is 25.1 Å². The molecule has 2 aromatic rings. The van der Waals surface area contributed by atoms with E-state index in [-0.39, 0.29) is 12.4 Å². The molecule has 20 heavy (non-hydrogen) atoms. The third-order valence-corrected chi connectivity index (χ3v) is 2.60. The fourth-order valence-corrected chi connectivity index (χ4v) is 1.56.